The molecule has 0 radical (unpaired) electrons. The normalized spacial score (nSPS) is 15.9. The van der Waals surface area contributed by atoms with Crippen molar-refractivity contribution in [3.8, 4) is 0 Å². The molecular formula is C19H24ClN3OS. The number of hydrogen-bond donors (Lipinski definition) is 1. The summed E-state index contributed by atoms with van der Waals surface area (Å²) in [5, 5.41) is 8.11. The fourth-order valence-corrected chi connectivity index (χ4v) is 3.97. The fourth-order valence-electron chi connectivity index (χ4n) is 3.12. The lowest BCUT2D eigenvalue weighted by Crippen LogP contribution is -2.48. The lowest BCUT2D eigenvalue weighted by Gasteiger charge is -2.33. The summed E-state index contributed by atoms with van der Waals surface area (Å²) in [6.45, 7) is 3.48. The van der Waals surface area contributed by atoms with Crippen molar-refractivity contribution >= 4 is 29.0 Å². The Bertz CT molecular complexity index is 684. The van der Waals surface area contributed by atoms with E-state index in [1.807, 2.05) is 30.6 Å². The summed E-state index contributed by atoms with van der Waals surface area (Å²) in [4.78, 5) is 16.5. The number of urea groups is 1. The van der Waals surface area contributed by atoms with E-state index in [-0.39, 0.29) is 12.1 Å². The van der Waals surface area contributed by atoms with Crippen molar-refractivity contribution in [3.63, 3.8) is 0 Å². The van der Waals surface area contributed by atoms with Gasteiger partial charge in [-0.25, -0.2) is 4.79 Å². The maximum Gasteiger partial charge on any atom is 0.317 e. The molecule has 1 aliphatic heterocycles. The first-order chi connectivity index (χ1) is 12.1. The smallest absolute Gasteiger partial charge is 0.317 e. The summed E-state index contributed by atoms with van der Waals surface area (Å²) in [7, 11) is 1.85. The summed E-state index contributed by atoms with van der Waals surface area (Å²) >= 11 is 7.90. The van der Waals surface area contributed by atoms with Gasteiger partial charge in [-0.3, -0.25) is 4.90 Å². The standard InChI is InChI=1S/C19H24ClN3OS/c1-22(12-15-8-11-25-14-15)19(24)21-17-6-9-23(10-7-17)13-16-4-2-3-5-18(16)20/h2-5,8,11,14,17H,6-7,9-10,12-13H2,1H3,(H,21,24). The van der Waals surface area contributed by atoms with Crippen LogP contribution in [0.4, 0.5) is 4.79 Å². The van der Waals surface area contributed by atoms with Crippen LogP contribution in [-0.4, -0.2) is 42.0 Å². The maximum absolute atomic E-state index is 12.3. The third kappa shape index (κ3) is 5.21. The van der Waals surface area contributed by atoms with Crippen LogP contribution < -0.4 is 5.32 Å². The van der Waals surface area contributed by atoms with Gasteiger partial charge < -0.3 is 10.2 Å². The van der Waals surface area contributed by atoms with Gasteiger partial charge in [0, 0.05) is 44.3 Å². The third-order valence-electron chi connectivity index (χ3n) is 4.61. The second-order valence-electron chi connectivity index (χ2n) is 6.58. The molecule has 0 saturated carbocycles. The molecule has 25 heavy (non-hydrogen) atoms. The molecule has 0 unspecified atom stereocenters. The Morgan fingerprint density at radius 3 is 2.76 bits per heavy atom. The van der Waals surface area contributed by atoms with E-state index in [1.165, 1.54) is 11.1 Å². The fraction of sp³-hybridized carbons (Fsp3) is 0.421. The van der Waals surface area contributed by atoms with Gasteiger partial charge in [-0.15, -0.1) is 0 Å². The van der Waals surface area contributed by atoms with Crippen molar-refractivity contribution in [2.45, 2.75) is 32.0 Å². The molecule has 134 valence electrons. The van der Waals surface area contributed by atoms with Crippen molar-refractivity contribution in [3.05, 3.63) is 57.2 Å². The van der Waals surface area contributed by atoms with Crippen LogP contribution in [0.3, 0.4) is 0 Å². The van der Waals surface area contributed by atoms with Crippen molar-refractivity contribution in [2.75, 3.05) is 20.1 Å². The average Bonchev–Trinajstić information content (AvgIpc) is 3.11. The molecule has 2 heterocycles. The molecule has 0 spiro atoms. The van der Waals surface area contributed by atoms with Crippen LogP contribution >= 0.6 is 22.9 Å². The zero-order chi connectivity index (χ0) is 17.6. The summed E-state index contributed by atoms with van der Waals surface area (Å²) in [5.74, 6) is 0. The van der Waals surface area contributed by atoms with Crippen LogP contribution in [0.2, 0.25) is 5.02 Å². The van der Waals surface area contributed by atoms with Crippen LogP contribution in [0.1, 0.15) is 24.0 Å². The topological polar surface area (TPSA) is 35.6 Å². The number of piperidine rings is 1. The Kier molecular flexibility index (Phi) is 6.34. The van der Waals surface area contributed by atoms with Gasteiger partial charge in [0.2, 0.25) is 0 Å². The van der Waals surface area contributed by atoms with Gasteiger partial charge in [0.1, 0.15) is 0 Å². The monoisotopic (exact) mass is 377 g/mol. The number of hydrogen-bond acceptors (Lipinski definition) is 3. The Labute approximate surface area is 158 Å². The van der Waals surface area contributed by atoms with E-state index < -0.39 is 0 Å². The van der Waals surface area contributed by atoms with E-state index in [4.69, 9.17) is 11.6 Å². The van der Waals surface area contributed by atoms with E-state index >= 15 is 0 Å². The lowest BCUT2D eigenvalue weighted by atomic mass is 10.0. The summed E-state index contributed by atoms with van der Waals surface area (Å²) in [6, 6.07) is 10.3. The quantitative estimate of drug-likeness (QED) is 0.847. The number of amides is 2. The second kappa shape index (κ2) is 8.70. The van der Waals surface area contributed by atoms with Crippen molar-refractivity contribution in [1.29, 1.82) is 0 Å². The Morgan fingerprint density at radius 2 is 2.08 bits per heavy atom. The van der Waals surface area contributed by atoms with Crippen molar-refractivity contribution in [1.82, 2.24) is 15.1 Å². The first kappa shape index (κ1) is 18.2. The Balaban J connectivity index is 1.43. The van der Waals surface area contributed by atoms with Crippen LogP contribution in [0, 0.1) is 0 Å². The predicted molar refractivity (Wildman–Crippen MR) is 104 cm³/mol. The van der Waals surface area contributed by atoms with Crippen LogP contribution in [0.5, 0.6) is 0 Å². The van der Waals surface area contributed by atoms with Crippen molar-refractivity contribution < 1.29 is 4.79 Å². The minimum atomic E-state index is 0.00996. The molecule has 0 bridgehead atoms. The van der Waals surface area contributed by atoms with Crippen LogP contribution in [-0.2, 0) is 13.1 Å². The first-order valence-electron chi connectivity index (χ1n) is 8.60. The van der Waals surface area contributed by atoms with E-state index in [2.05, 4.69) is 27.7 Å². The molecule has 0 aliphatic carbocycles. The minimum absolute atomic E-state index is 0.00996. The van der Waals surface area contributed by atoms with Gasteiger partial charge in [-0.05, 0) is 46.9 Å². The van der Waals surface area contributed by atoms with Gasteiger partial charge in [-0.2, -0.15) is 11.3 Å². The molecule has 1 saturated heterocycles. The molecule has 1 aromatic heterocycles. The van der Waals surface area contributed by atoms with Crippen LogP contribution in [0.15, 0.2) is 41.1 Å². The van der Waals surface area contributed by atoms with E-state index in [0.29, 0.717) is 6.54 Å². The second-order valence-corrected chi connectivity index (χ2v) is 7.77. The number of likely N-dealkylation sites (tertiary alicyclic amines) is 1. The number of nitrogens with one attached hydrogen (secondary N) is 1. The molecule has 2 amide bonds. The maximum atomic E-state index is 12.3. The third-order valence-corrected chi connectivity index (χ3v) is 5.71. The van der Waals surface area contributed by atoms with Gasteiger partial charge in [0.15, 0.2) is 0 Å². The number of thiophene rings is 1. The molecule has 1 N–H and O–H groups in total. The number of carbonyl (C=O) groups is 1. The molecule has 1 aromatic carbocycles. The highest BCUT2D eigenvalue weighted by atomic mass is 35.5. The molecular weight excluding hydrogens is 354 g/mol. The number of halogens is 1. The molecule has 1 aliphatic rings. The molecule has 2 aromatic rings. The molecule has 3 rings (SSSR count). The van der Waals surface area contributed by atoms with E-state index in [0.717, 1.165) is 37.5 Å². The average molecular weight is 378 g/mol. The zero-order valence-electron chi connectivity index (χ0n) is 14.5. The van der Waals surface area contributed by atoms with Gasteiger partial charge in [0.05, 0.1) is 0 Å². The largest absolute Gasteiger partial charge is 0.335 e. The highest BCUT2D eigenvalue weighted by Crippen LogP contribution is 2.20. The predicted octanol–water partition coefficient (Wildman–Crippen LogP) is 4.21. The summed E-state index contributed by atoms with van der Waals surface area (Å²) < 4.78 is 0. The van der Waals surface area contributed by atoms with Crippen molar-refractivity contribution in [2.24, 2.45) is 0 Å². The number of nitrogens with zero attached hydrogens (tertiary/aromatic N) is 2. The first-order valence-corrected chi connectivity index (χ1v) is 9.92. The zero-order valence-corrected chi connectivity index (χ0v) is 16.0. The van der Waals surface area contributed by atoms with Crippen LogP contribution in [0.25, 0.3) is 0 Å². The molecule has 0 atom stereocenters. The summed E-state index contributed by atoms with van der Waals surface area (Å²) in [6.07, 6.45) is 1.95. The lowest BCUT2D eigenvalue weighted by molar-refractivity contribution is 0.173. The number of carbonyl (C=O) groups excluding carboxylic acids is 1. The van der Waals surface area contributed by atoms with Gasteiger partial charge >= 0.3 is 6.03 Å². The Morgan fingerprint density at radius 1 is 1.32 bits per heavy atom. The van der Waals surface area contributed by atoms with Gasteiger partial charge in [0.25, 0.3) is 0 Å². The highest BCUT2D eigenvalue weighted by Gasteiger charge is 2.22. The van der Waals surface area contributed by atoms with Gasteiger partial charge in [-0.1, -0.05) is 29.8 Å². The number of benzene rings is 1. The number of rotatable bonds is 5. The summed E-state index contributed by atoms with van der Waals surface area (Å²) in [5.41, 5.74) is 2.35. The molecule has 4 nitrogen and oxygen atoms in total. The highest BCUT2D eigenvalue weighted by molar-refractivity contribution is 7.07. The SMILES string of the molecule is CN(Cc1ccsc1)C(=O)NC1CCN(Cc2ccccc2Cl)CC1. The molecule has 1 fully saturated rings. The van der Waals surface area contributed by atoms with E-state index in [1.54, 1.807) is 16.2 Å². The van der Waals surface area contributed by atoms with E-state index in [9.17, 15) is 4.79 Å². The molecule has 6 heteroatoms. The minimum Gasteiger partial charge on any atom is -0.335 e. The Hall–Kier alpha value is -1.56.